The molecule has 0 amide bonds. The number of aryl methyl sites for hydroxylation is 2. The molecule has 150 valence electrons. The standard InChI is InChI=1S/C22H22BCl2NO3/c1-15-8-10-18(12-20(15)24)27-23(28-19-11-9-16(2)21(25)13-19)29-22(14-26)17-6-4-3-5-7-17/h3-13,22H,14,26H2,1-2H3. The van der Waals surface area contributed by atoms with Gasteiger partial charge in [0.25, 0.3) is 0 Å². The lowest BCUT2D eigenvalue weighted by molar-refractivity contribution is 0.135. The summed E-state index contributed by atoms with van der Waals surface area (Å²) in [5.74, 6) is 1.04. The highest BCUT2D eigenvalue weighted by Crippen LogP contribution is 2.27. The molecule has 0 saturated carbocycles. The van der Waals surface area contributed by atoms with Gasteiger partial charge in [0.2, 0.25) is 0 Å². The van der Waals surface area contributed by atoms with Gasteiger partial charge < -0.3 is 19.7 Å². The fourth-order valence-corrected chi connectivity index (χ4v) is 3.01. The summed E-state index contributed by atoms with van der Waals surface area (Å²) in [6, 6.07) is 20.5. The first-order valence-electron chi connectivity index (χ1n) is 9.22. The van der Waals surface area contributed by atoms with Gasteiger partial charge in [0.15, 0.2) is 0 Å². The van der Waals surface area contributed by atoms with Crippen molar-refractivity contribution < 1.29 is 14.0 Å². The van der Waals surface area contributed by atoms with Gasteiger partial charge in [-0.15, -0.1) is 0 Å². The highest BCUT2D eigenvalue weighted by atomic mass is 35.5. The molecule has 0 bridgehead atoms. The van der Waals surface area contributed by atoms with Gasteiger partial charge in [-0.25, -0.2) is 0 Å². The van der Waals surface area contributed by atoms with E-state index in [4.69, 9.17) is 42.9 Å². The van der Waals surface area contributed by atoms with Crippen LogP contribution in [0.5, 0.6) is 11.5 Å². The third-order valence-electron chi connectivity index (χ3n) is 4.41. The molecule has 1 atom stereocenters. The molecule has 0 aliphatic rings. The Balaban J connectivity index is 1.84. The average molecular weight is 430 g/mol. The molecule has 0 spiro atoms. The van der Waals surface area contributed by atoms with Crippen LogP contribution in [-0.2, 0) is 4.65 Å². The maximum atomic E-state index is 6.23. The summed E-state index contributed by atoms with van der Waals surface area (Å²) in [5.41, 5.74) is 8.78. The number of hydrogen-bond acceptors (Lipinski definition) is 4. The van der Waals surface area contributed by atoms with Crippen molar-refractivity contribution in [1.82, 2.24) is 0 Å². The van der Waals surface area contributed by atoms with E-state index in [9.17, 15) is 0 Å². The van der Waals surface area contributed by atoms with E-state index in [2.05, 4.69) is 0 Å². The highest BCUT2D eigenvalue weighted by Gasteiger charge is 2.32. The van der Waals surface area contributed by atoms with Crippen molar-refractivity contribution in [2.75, 3.05) is 6.54 Å². The lowest BCUT2D eigenvalue weighted by Crippen LogP contribution is -2.37. The van der Waals surface area contributed by atoms with Crippen molar-refractivity contribution in [1.29, 1.82) is 0 Å². The quantitative estimate of drug-likeness (QED) is 0.461. The molecular weight excluding hydrogens is 408 g/mol. The molecule has 0 aliphatic carbocycles. The Morgan fingerprint density at radius 2 is 1.34 bits per heavy atom. The number of rotatable bonds is 8. The van der Waals surface area contributed by atoms with E-state index in [0.717, 1.165) is 16.7 Å². The smallest absolute Gasteiger partial charge is 0.501 e. The topological polar surface area (TPSA) is 53.7 Å². The molecule has 7 heteroatoms. The Morgan fingerprint density at radius 1 is 0.828 bits per heavy atom. The van der Waals surface area contributed by atoms with Gasteiger partial charge in [-0.3, -0.25) is 0 Å². The summed E-state index contributed by atoms with van der Waals surface area (Å²) < 4.78 is 18.0. The zero-order valence-electron chi connectivity index (χ0n) is 16.3. The number of benzene rings is 3. The Labute approximate surface area is 181 Å². The Kier molecular flexibility index (Phi) is 7.45. The first-order valence-corrected chi connectivity index (χ1v) is 9.98. The molecule has 0 radical (unpaired) electrons. The van der Waals surface area contributed by atoms with Crippen LogP contribution in [0.2, 0.25) is 10.0 Å². The van der Waals surface area contributed by atoms with Crippen LogP contribution in [0, 0.1) is 13.8 Å². The Hall–Kier alpha value is -2.18. The molecular formula is C22H22BCl2NO3. The monoisotopic (exact) mass is 429 g/mol. The fraction of sp³-hybridized carbons (Fsp3) is 0.182. The predicted molar refractivity (Wildman–Crippen MR) is 119 cm³/mol. The lowest BCUT2D eigenvalue weighted by atomic mass is 10.1. The molecule has 29 heavy (non-hydrogen) atoms. The third-order valence-corrected chi connectivity index (χ3v) is 5.23. The van der Waals surface area contributed by atoms with E-state index in [1.165, 1.54) is 0 Å². The van der Waals surface area contributed by atoms with E-state index in [1.54, 1.807) is 12.1 Å². The highest BCUT2D eigenvalue weighted by molar-refractivity contribution is 6.39. The van der Waals surface area contributed by atoms with Crippen LogP contribution in [0.15, 0.2) is 66.7 Å². The van der Waals surface area contributed by atoms with Gasteiger partial charge in [0.1, 0.15) is 11.5 Å². The first kappa shape index (κ1) is 21.5. The second-order valence-electron chi connectivity index (χ2n) is 6.62. The summed E-state index contributed by atoms with van der Waals surface area (Å²) >= 11 is 12.5. The number of nitrogens with two attached hydrogens (primary N) is 1. The van der Waals surface area contributed by atoms with Crippen molar-refractivity contribution in [3.8, 4) is 11.5 Å². The minimum Gasteiger partial charge on any atom is -0.501 e. The molecule has 0 fully saturated rings. The molecule has 1 unspecified atom stereocenters. The van der Waals surface area contributed by atoms with Crippen molar-refractivity contribution in [2.24, 2.45) is 5.73 Å². The molecule has 3 aromatic rings. The second-order valence-corrected chi connectivity index (χ2v) is 7.43. The summed E-state index contributed by atoms with van der Waals surface area (Å²) in [5, 5.41) is 1.19. The summed E-state index contributed by atoms with van der Waals surface area (Å²) in [6.45, 7) is 4.10. The van der Waals surface area contributed by atoms with E-state index in [-0.39, 0.29) is 6.54 Å². The summed E-state index contributed by atoms with van der Waals surface area (Å²) in [7, 11) is -1.05. The minimum absolute atomic E-state index is 0.260. The minimum atomic E-state index is -1.05. The normalized spacial score (nSPS) is 11.8. The van der Waals surface area contributed by atoms with Crippen LogP contribution in [0.3, 0.4) is 0 Å². The van der Waals surface area contributed by atoms with Gasteiger partial charge in [-0.2, -0.15) is 0 Å². The van der Waals surface area contributed by atoms with E-state index < -0.39 is 13.4 Å². The van der Waals surface area contributed by atoms with Gasteiger partial charge in [-0.05, 0) is 54.8 Å². The zero-order valence-corrected chi connectivity index (χ0v) is 17.8. The maximum Gasteiger partial charge on any atom is 0.788 e. The molecule has 0 aromatic heterocycles. The van der Waals surface area contributed by atoms with Crippen LogP contribution in [0.1, 0.15) is 22.8 Å². The lowest BCUT2D eigenvalue weighted by Gasteiger charge is -2.22. The van der Waals surface area contributed by atoms with Crippen LogP contribution in [-0.4, -0.2) is 13.9 Å². The van der Waals surface area contributed by atoms with Crippen LogP contribution in [0.25, 0.3) is 0 Å². The summed E-state index contributed by atoms with van der Waals surface area (Å²) in [4.78, 5) is 0. The molecule has 0 saturated heterocycles. The Morgan fingerprint density at radius 3 is 1.79 bits per heavy atom. The van der Waals surface area contributed by atoms with Gasteiger partial charge in [-0.1, -0.05) is 65.7 Å². The van der Waals surface area contributed by atoms with Gasteiger partial charge in [0, 0.05) is 16.6 Å². The SMILES string of the molecule is Cc1ccc(OB(Oc2ccc(C)c(Cl)c2)OC(CN)c2ccccc2)cc1Cl. The second kappa shape index (κ2) is 10.0. The number of hydrogen-bond donors (Lipinski definition) is 1. The van der Waals surface area contributed by atoms with Gasteiger partial charge >= 0.3 is 7.32 Å². The molecule has 0 heterocycles. The van der Waals surface area contributed by atoms with Gasteiger partial charge in [0.05, 0.1) is 6.10 Å². The largest absolute Gasteiger partial charge is 0.788 e. The third kappa shape index (κ3) is 5.90. The molecule has 4 nitrogen and oxygen atoms in total. The fourth-order valence-electron chi connectivity index (χ4n) is 2.67. The summed E-state index contributed by atoms with van der Waals surface area (Å²) in [6.07, 6.45) is -0.414. The molecule has 3 rings (SSSR count). The molecule has 0 aliphatic heterocycles. The van der Waals surface area contributed by atoms with Crippen LogP contribution >= 0.6 is 23.2 Å². The first-order chi connectivity index (χ1) is 14.0. The van der Waals surface area contributed by atoms with Crippen molar-refractivity contribution in [3.63, 3.8) is 0 Å². The van der Waals surface area contributed by atoms with E-state index >= 15 is 0 Å². The van der Waals surface area contributed by atoms with Crippen molar-refractivity contribution >= 4 is 30.5 Å². The van der Waals surface area contributed by atoms with E-state index in [1.807, 2.05) is 68.4 Å². The van der Waals surface area contributed by atoms with E-state index in [0.29, 0.717) is 21.5 Å². The average Bonchev–Trinajstić information content (AvgIpc) is 2.72. The predicted octanol–water partition coefficient (Wildman–Crippen LogP) is 5.77. The number of halogens is 2. The van der Waals surface area contributed by atoms with Crippen molar-refractivity contribution in [2.45, 2.75) is 20.0 Å². The Bertz CT molecular complexity index is 903. The van der Waals surface area contributed by atoms with Crippen LogP contribution in [0.4, 0.5) is 0 Å². The van der Waals surface area contributed by atoms with Crippen molar-refractivity contribution in [3.05, 3.63) is 93.5 Å². The van der Waals surface area contributed by atoms with Crippen LogP contribution < -0.4 is 15.0 Å². The zero-order chi connectivity index (χ0) is 20.8. The molecule has 3 aromatic carbocycles. The molecule has 2 N–H and O–H groups in total. The maximum absolute atomic E-state index is 6.23.